The van der Waals surface area contributed by atoms with Gasteiger partial charge in [-0.25, -0.2) is 8.42 Å². The summed E-state index contributed by atoms with van der Waals surface area (Å²) in [5.74, 6) is -1.79. The van der Waals surface area contributed by atoms with Crippen molar-refractivity contribution in [1.82, 2.24) is 4.72 Å². The molecule has 0 aliphatic heterocycles. The van der Waals surface area contributed by atoms with E-state index in [0.29, 0.717) is 41.4 Å². The number of sulfonamides is 1. The third kappa shape index (κ3) is 7.57. The molecule has 0 bridgehead atoms. The molecule has 0 saturated carbocycles. The Morgan fingerprint density at radius 3 is 2.11 bits per heavy atom. The molecule has 2 aromatic carbocycles. The van der Waals surface area contributed by atoms with Crippen molar-refractivity contribution in [2.75, 3.05) is 42.2 Å². The molecular weight excluding hydrogens is 474 g/mol. The van der Waals surface area contributed by atoms with Crippen LogP contribution in [0.4, 0.5) is 22.7 Å². The molecule has 0 unspecified atom stereocenters. The molecule has 6 N–H and O–H groups in total. The lowest BCUT2D eigenvalue weighted by Gasteiger charge is -2.24. The van der Waals surface area contributed by atoms with Gasteiger partial charge in [0, 0.05) is 33.3 Å². The number of anilines is 4. The van der Waals surface area contributed by atoms with Gasteiger partial charge in [-0.2, -0.15) is 9.79 Å². The van der Waals surface area contributed by atoms with Crippen molar-refractivity contribution < 1.29 is 28.3 Å². The van der Waals surface area contributed by atoms with E-state index in [1.807, 2.05) is 0 Å². The Morgan fingerprint density at radius 1 is 1.00 bits per heavy atom. The van der Waals surface area contributed by atoms with Gasteiger partial charge in [-0.05, 0) is 43.2 Å². The number of hydrogen-bond donors (Lipinski definition) is 6. The maximum absolute atomic E-state index is 13.5. The first kappa shape index (κ1) is 27.9. The first-order valence-electron chi connectivity index (χ1n) is 11.1. The van der Waals surface area contributed by atoms with E-state index in [0.717, 1.165) is 0 Å². The van der Waals surface area contributed by atoms with Gasteiger partial charge in [0.25, 0.3) is 5.91 Å². The van der Waals surface area contributed by atoms with E-state index in [-0.39, 0.29) is 23.4 Å². The summed E-state index contributed by atoms with van der Waals surface area (Å²) in [6.45, 7) is 0. The van der Waals surface area contributed by atoms with Gasteiger partial charge in [-0.15, -0.1) is 0 Å². The Labute approximate surface area is 205 Å². The van der Waals surface area contributed by atoms with Crippen molar-refractivity contribution in [2.24, 2.45) is 0 Å². The van der Waals surface area contributed by atoms with E-state index in [2.05, 4.69) is 26.7 Å². The Morgan fingerprint density at radius 2 is 1.60 bits per heavy atom. The molecule has 0 aliphatic carbocycles. The number of aliphatic carboxylic acids is 1. The van der Waals surface area contributed by atoms with Crippen LogP contribution in [0.1, 0.15) is 32.1 Å². The summed E-state index contributed by atoms with van der Waals surface area (Å²) in [4.78, 5) is 23.8. The third-order valence-electron chi connectivity index (χ3n) is 5.32. The predicted molar refractivity (Wildman–Crippen MR) is 134 cm³/mol. The third-order valence-corrected chi connectivity index (χ3v) is 6.89. The van der Waals surface area contributed by atoms with Gasteiger partial charge < -0.3 is 21.1 Å². The SMILES string of the molecule is CNc1cc(NC)c(S(=O)(=O)N[C@@H](CCCCCC(=O)O)C(=O)N(O)c2cc[c]cc2)c(NC)c1. The van der Waals surface area contributed by atoms with Gasteiger partial charge in [-0.1, -0.05) is 25.0 Å². The number of carbonyl (C=O) groups is 2. The first-order valence-corrected chi connectivity index (χ1v) is 12.6. The summed E-state index contributed by atoms with van der Waals surface area (Å²) in [6.07, 6.45) is 1.28. The zero-order valence-corrected chi connectivity index (χ0v) is 20.8. The topological polar surface area (TPSA) is 160 Å². The quantitative estimate of drug-likeness (QED) is 0.129. The number of hydroxylamine groups is 1. The van der Waals surface area contributed by atoms with Crippen LogP contribution in [0, 0.1) is 6.07 Å². The number of nitrogens with one attached hydrogen (secondary N) is 4. The lowest BCUT2D eigenvalue weighted by Crippen LogP contribution is -2.47. The fraction of sp³-hybridized carbons (Fsp3) is 0.391. The Bertz CT molecular complexity index is 1090. The Balaban J connectivity index is 2.37. The highest BCUT2D eigenvalue weighted by Crippen LogP contribution is 2.33. The molecule has 2 aromatic rings. The Kier molecular flexibility index (Phi) is 10.3. The van der Waals surface area contributed by atoms with E-state index < -0.39 is 27.9 Å². The number of nitrogens with zero attached hydrogens (tertiary/aromatic N) is 1. The summed E-state index contributed by atoms with van der Waals surface area (Å²) in [5, 5.41) is 28.4. The fourth-order valence-electron chi connectivity index (χ4n) is 3.51. The zero-order chi connectivity index (χ0) is 26.0. The van der Waals surface area contributed by atoms with Crippen molar-refractivity contribution >= 4 is 44.6 Å². The maximum Gasteiger partial charge on any atom is 0.303 e. The number of carboxylic acid groups (broad SMARTS) is 1. The molecule has 191 valence electrons. The number of benzene rings is 2. The van der Waals surface area contributed by atoms with Crippen LogP contribution in [-0.4, -0.2) is 57.8 Å². The number of amides is 1. The lowest BCUT2D eigenvalue weighted by atomic mass is 10.1. The highest BCUT2D eigenvalue weighted by Gasteiger charge is 2.32. The number of unbranched alkanes of at least 4 members (excludes halogenated alkanes) is 2. The van der Waals surface area contributed by atoms with Gasteiger partial charge in [0.1, 0.15) is 10.9 Å². The highest BCUT2D eigenvalue weighted by molar-refractivity contribution is 7.89. The van der Waals surface area contributed by atoms with E-state index >= 15 is 0 Å². The number of carboxylic acids is 1. The van der Waals surface area contributed by atoms with Crippen molar-refractivity contribution in [3.05, 3.63) is 42.5 Å². The van der Waals surface area contributed by atoms with E-state index in [1.165, 1.54) is 24.3 Å². The zero-order valence-electron chi connectivity index (χ0n) is 20.0. The number of carbonyl (C=O) groups excluding carboxylic acids is 1. The molecule has 11 nitrogen and oxygen atoms in total. The maximum atomic E-state index is 13.5. The second-order valence-corrected chi connectivity index (χ2v) is 9.38. The first-order chi connectivity index (χ1) is 16.6. The van der Waals surface area contributed by atoms with Crippen LogP contribution in [0.25, 0.3) is 0 Å². The molecule has 35 heavy (non-hydrogen) atoms. The summed E-state index contributed by atoms with van der Waals surface area (Å²) < 4.78 is 29.4. The highest BCUT2D eigenvalue weighted by atomic mass is 32.2. The second kappa shape index (κ2) is 12.9. The average molecular weight is 507 g/mol. The summed E-state index contributed by atoms with van der Waals surface area (Å²) in [5.41, 5.74) is 1.45. The van der Waals surface area contributed by atoms with Crippen LogP contribution in [0.5, 0.6) is 0 Å². The summed E-state index contributed by atoms with van der Waals surface area (Å²) >= 11 is 0. The average Bonchev–Trinajstić information content (AvgIpc) is 2.86. The monoisotopic (exact) mass is 506 g/mol. The molecule has 1 atom stereocenters. The molecule has 12 heteroatoms. The minimum Gasteiger partial charge on any atom is -0.481 e. The molecule has 0 spiro atoms. The van der Waals surface area contributed by atoms with Crippen LogP contribution in [0.2, 0.25) is 0 Å². The smallest absolute Gasteiger partial charge is 0.303 e. The normalized spacial score (nSPS) is 12.0. The van der Waals surface area contributed by atoms with Gasteiger partial charge in [0.05, 0.1) is 17.1 Å². The number of rotatable bonds is 14. The molecule has 0 heterocycles. The van der Waals surface area contributed by atoms with Crippen LogP contribution in [0.3, 0.4) is 0 Å². The minimum atomic E-state index is -4.25. The summed E-state index contributed by atoms with van der Waals surface area (Å²) in [7, 11) is 0.624. The molecule has 1 amide bonds. The molecule has 2 rings (SSSR count). The second-order valence-electron chi connectivity index (χ2n) is 7.73. The van der Waals surface area contributed by atoms with E-state index in [9.17, 15) is 23.2 Å². The molecule has 0 fully saturated rings. The van der Waals surface area contributed by atoms with Crippen molar-refractivity contribution in [2.45, 2.75) is 43.0 Å². The molecule has 0 aromatic heterocycles. The predicted octanol–water partition coefficient (Wildman–Crippen LogP) is 2.72. The van der Waals surface area contributed by atoms with Crippen molar-refractivity contribution in [1.29, 1.82) is 0 Å². The fourth-order valence-corrected chi connectivity index (χ4v) is 5.12. The lowest BCUT2D eigenvalue weighted by molar-refractivity contribution is -0.137. The standard InChI is InChI=1S/C23H32N5O6S/c1-24-16-14-19(25-2)22(20(15-16)26-3)35(33,34)27-18(12-8-5-9-13-21(29)30)23(31)28(32)17-10-6-4-7-11-17/h6-7,10-11,14-15,18,24-27,32H,5,8-9,12-13H2,1-3H3,(H,29,30)/t18-/m0/s1. The van der Waals surface area contributed by atoms with E-state index in [1.54, 1.807) is 33.3 Å². The molecule has 0 aliphatic rings. The van der Waals surface area contributed by atoms with Crippen LogP contribution >= 0.6 is 0 Å². The summed E-state index contributed by atoms with van der Waals surface area (Å²) in [6, 6.07) is 10.7. The van der Waals surface area contributed by atoms with Gasteiger partial charge >= 0.3 is 5.97 Å². The number of hydrogen-bond acceptors (Lipinski definition) is 8. The molecule has 0 saturated heterocycles. The largest absolute Gasteiger partial charge is 0.481 e. The van der Waals surface area contributed by atoms with Crippen LogP contribution in [-0.2, 0) is 19.6 Å². The van der Waals surface area contributed by atoms with E-state index in [4.69, 9.17) is 5.11 Å². The van der Waals surface area contributed by atoms with Gasteiger partial charge in [0.15, 0.2) is 0 Å². The van der Waals surface area contributed by atoms with Crippen LogP contribution in [0.15, 0.2) is 41.3 Å². The molecule has 1 radical (unpaired) electrons. The van der Waals surface area contributed by atoms with Crippen molar-refractivity contribution in [3.8, 4) is 0 Å². The van der Waals surface area contributed by atoms with Crippen LogP contribution < -0.4 is 25.7 Å². The minimum absolute atomic E-state index is 0.0220. The van der Waals surface area contributed by atoms with Gasteiger partial charge in [0.2, 0.25) is 10.0 Å². The van der Waals surface area contributed by atoms with Crippen molar-refractivity contribution in [3.63, 3.8) is 0 Å². The van der Waals surface area contributed by atoms with Gasteiger partial charge in [-0.3, -0.25) is 14.8 Å². The molecular formula is C23H32N5O6S. The Hall–Kier alpha value is -3.35.